The van der Waals surface area contributed by atoms with E-state index in [0.29, 0.717) is 26.0 Å². The maximum atomic E-state index is 11.2. The lowest BCUT2D eigenvalue weighted by atomic mass is 9.78. The zero-order chi connectivity index (χ0) is 14.1. The summed E-state index contributed by atoms with van der Waals surface area (Å²) in [5, 5.41) is 10.2. The summed E-state index contributed by atoms with van der Waals surface area (Å²) in [6, 6.07) is 0. The van der Waals surface area contributed by atoms with Crippen molar-refractivity contribution in [3.05, 3.63) is 0 Å². The summed E-state index contributed by atoms with van der Waals surface area (Å²) in [6.07, 6.45) is 4.44. The smallest absolute Gasteiger partial charge is 0.148 e. The quantitative estimate of drug-likeness (QED) is 0.816. The zero-order valence-electron chi connectivity index (χ0n) is 11.9. The van der Waals surface area contributed by atoms with Gasteiger partial charge >= 0.3 is 0 Å². The molecule has 2 aliphatic rings. The maximum Gasteiger partial charge on any atom is 0.148 e. The lowest BCUT2D eigenvalue weighted by molar-refractivity contribution is -0.172. The third-order valence-electron chi connectivity index (χ3n) is 4.30. The standard InChI is InChI=1S/C13H25NO4S/c1-12(15)5-9-18-13(11-12)3-6-14(7-4-13)8-10-19(2,16)17/h15H,3-11H2,1-2H3. The molecule has 0 aromatic carbocycles. The molecule has 2 heterocycles. The number of nitrogens with zero attached hydrogens (tertiary/aromatic N) is 1. The molecule has 112 valence electrons. The predicted molar refractivity (Wildman–Crippen MR) is 73.9 cm³/mol. The van der Waals surface area contributed by atoms with Gasteiger partial charge in [0.25, 0.3) is 0 Å². The summed E-state index contributed by atoms with van der Waals surface area (Å²) < 4.78 is 28.3. The second-order valence-corrected chi connectivity index (χ2v) is 8.69. The van der Waals surface area contributed by atoms with Gasteiger partial charge in [-0.25, -0.2) is 8.42 Å². The fraction of sp³-hybridized carbons (Fsp3) is 1.00. The molecule has 2 fully saturated rings. The van der Waals surface area contributed by atoms with Gasteiger partial charge in [-0.3, -0.25) is 0 Å². The van der Waals surface area contributed by atoms with Gasteiger partial charge in [0.05, 0.1) is 23.6 Å². The van der Waals surface area contributed by atoms with Gasteiger partial charge in [-0.1, -0.05) is 0 Å². The molecular formula is C13H25NO4S. The van der Waals surface area contributed by atoms with E-state index in [1.165, 1.54) is 6.26 Å². The van der Waals surface area contributed by atoms with E-state index < -0.39 is 15.4 Å². The van der Waals surface area contributed by atoms with Crippen molar-refractivity contribution in [2.75, 3.05) is 38.2 Å². The van der Waals surface area contributed by atoms with Crippen molar-refractivity contribution in [2.24, 2.45) is 0 Å². The molecule has 0 saturated carbocycles. The highest BCUT2D eigenvalue weighted by molar-refractivity contribution is 7.90. The zero-order valence-corrected chi connectivity index (χ0v) is 12.7. The molecule has 19 heavy (non-hydrogen) atoms. The van der Waals surface area contributed by atoms with E-state index in [9.17, 15) is 13.5 Å². The van der Waals surface area contributed by atoms with Crippen molar-refractivity contribution in [3.63, 3.8) is 0 Å². The Morgan fingerprint density at radius 3 is 2.42 bits per heavy atom. The van der Waals surface area contributed by atoms with Gasteiger partial charge in [0.1, 0.15) is 9.84 Å². The topological polar surface area (TPSA) is 66.8 Å². The largest absolute Gasteiger partial charge is 0.390 e. The van der Waals surface area contributed by atoms with Crippen LogP contribution in [0.5, 0.6) is 0 Å². The van der Waals surface area contributed by atoms with Crippen LogP contribution in [0.2, 0.25) is 0 Å². The van der Waals surface area contributed by atoms with E-state index in [-0.39, 0.29) is 11.4 Å². The molecule has 2 saturated heterocycles. The first-order valence-electron chi connectivity index (χ1n) is 6.96. The monoisotopic (exact) mass is 291 g/mol. The molecule has 5 nitrogen and oxygen atoms in total. The number of likely N-dealkylation sites (tertiary alicyclic amines) is 1. The third kappa shape index (κ3) is 4.41. The van der Waals surface area contributed by atoms with E-state index in [1.807, 2.05) is 6.92 Å². The molecule has 0 radical (unpaired) electrons. The van der Waals surface area contributed by atoms with Crippen molar-refractivity contribution >= 4 is 9.84 Å². The number of hydrogen-bond donors (Lipinski definition) is 1. The Balaban J connectivity index is 1.85. The molecule has 1 atom stereocenters. The van der Waals surface area contributed by atoms with Crippen LogP contribution in [-0.2, 0) is 14.6 Å². The molecule has 0 amide bonds. The maximum absolute atomic E-state index is 11.2. The Morgan fingerprint density at radius 2 is 1.89 bits per heavy atom. The molecule has 0 aliphatic carbocycles. The number of hydrogen-bond acceptors (Lipinski definition) is 5. The lowest BCUT2D eigenvalue weighted by Crippen LogP contribution is -2.53. The van der Waals surface area contributed by atoms with E-state index in [4.69, 9.17) is 4.74 Å². The summed E-state index contributed by atoms with van der Waals surface area (Å²) in [5.74, 6) is 0.221. The summed E-state index contributed by atoms with van der Waals surface area (Å²) in [7, 11) is -2.89. The van der Waals surface area contributed by atoms with Gasteiger partial charge in [-0.05, 0) is 26.2 Å². The summed E-state index contributed by atoms with van der Waals surface area (Å²) in [6.45, 7) is 4.81. The molecular weight excluding hydrogens is 266 g/mol. The van der Waals surface area contributed by atoms with Gasteiger partial charge in [0, 0.05) is 32.3 Å². The van der Waals surface area contributed by atoms with E-state index >= 15 is 0 Å². The lowest BCUT2D eigenvalue weighted by Gasteiger charge is -2.48. The van der Waals surface area contributed by atoms with Gasteiger partial charge in [-0.15, -0.1) is 0 Å². The fourth-order valence-electron chi connectivity index (χ4n) is 3.12. The van der Waals surface area contributed by atoms with Crippen LogP contribution in [-0.4, -0.2) is 67.9 Å². The molecule has 2 rings (SSSR count). The Labute approximate surface area is 115 Å². The fourth-order valence-corrected chi connectivity index (χ4v) is 3.71. The molecule has 1 N–H and O–H groups in total. The summed E-state index contributed by atoms with van der Waals surface area (Å²) >= 11 is 0. The molecule has 6 heteroatoms. The second-order valence-electron chi connectivity index (χ2n) is 6.43. The third-order valence-corrected chi connectivity index (χ3v) is 5.22. The van der Waals surface area contributed by atoms with Crippen LogP contribution >= 0.6 is 0 Å². The summed E-state index contributed by atoms with van der Waals surface area (Å²) in [5.41, 5.74) is -0.809. The van der Waals surface area contributed by atoms with Gasteiger partial charge in [0.2, 0.25) is 0 Å². The van der Waals surface area contributed by atoms with Crippen molar-refractivity contribution in [3.8, 4) is 0 Å². The first kappa shape index (κ1) is 15.2. The van der Waals surface area contributed by atoms with Crippen LogP contribution in [0.3, 0.4) is 0 Å². The minimum absolute atomic E-state index is 0.191. The Morgan fingerprint density at radius 1 is 1.26 bits per heavy atom. The Hall–Kier alpha value is -0.170. The van der Waals surface area contributed by atoms with E-state index in [2.05, 4.69) is 4.90 Å². The van der Waals surface area contributed by atoms with Crippen LogP contribution in [0.15, 0.2) is 0 Å². The number of piperidine rings is 1. The number of rotatable bonds is 3. The van der Waals surface area contributed by atoms with Crippen LogP contribution in [0, 0.1) is 0 Å². The summed E-state index contributed by atoms with van der Waals surface area (Å²) in [4.78, 5) is 2.18. The average molecular weight is 291 g/mol. The highest BCUT2D eigenvalue weighted by Gasteiger charge is 2.44. The number of aliphatic hydroxyl groups is 1. The van der Waals surface area contributed by atoms with Gasteiger partial charge in [0.15, 0.2) is 0 Å². The van der Waals surface area contributed by atoms with Crippen molar-refractivity contribution in [1.82, 2.24) is 4.90 Å². The molecule has 1 unspecified atom stereocenters. The van der Waals surface area contributed by atoms with Crippen LogP contribution in [0.4, 0.5) is 0 Å². The van der Waals surface area contributed by atoms with Crippen LogP contribution in [0.1, 0.15) is 32.6 Å². The molecule has 1 spiro atoms. The highest BCUT2D eigenvalue weighted by atomic mass is 32.2. The Kier molecular flexibility index (Phi) is 4.26. The minimum atomic E-state index is -2.89. The predicted octanol–water partition coefficient (Wildman–Crippen LogP) is 0.427. The first-order chi connectivity index (χ1) is 8.70. The van der Waals surface area contributed by atoms with Crippen LogP contribution < -0.4 is 0 Å². The second kappa shape index (κ2) is 5.31. The Bertz CT molecular complexity index is 410. The molecule has 0 aromatic heterocycles. The van der Waals surface area contributed by atoms with Crippen LogP contribution in [0.25, 0.3) is 0 Å². The van der Waals surface area contributed by atoms with Gasteiger partial charge < -0.3 is 14.7 Å². The van der Waals surface area contributed by atoms with E-state index in [1.54, 1.807) is 0 Å². The van der Waals surface area contributed by atoms with Crippen molar-refractivity contribution in [1.29, 1.82) is 0 Å². The number of ether oxygens (including phenoxy) is 1. The van der Waals surface area contributed by atoms with Crippen molar-refractivity contribution < 1.29 is 18.3 Å². The molecule has 0 aromatic rings. The SMILES string of the molecule is CC1(O)CCOC2(CCN(CCS(C)(=O)=O)CC2)C1. The normalized spacial score (nSPS) is 32.6. The average Bonchev–Trinajstić information content (AvgIpc) is 2.26. The highest BCUT2D eigenvalue weighted by Crippen LogP contribution is 2.39. The number of sulfone groups is 1. The molecule has 0 bridgehead atoms. The van der Waals surface area contributed by atoms with Crippen molar-refractivity contribution in [2.45, 2.75) is 43.8 Å². The van der Waals surface area contributed by atoms with E-state index in [0.717, 1.165) is 25.9 Å². The minimum Gasteiger partial charge on any atom is -0.390 e. The van der Waals surface area contributed by atoms with Gasteiger partial charge in [-0.2, -0.15) is 0 Å². The first-order valence-corrected chi connectivity index (χ1v) is 9.02. The molecule has 2 aliphatic heterocycles.